The quantitative estimate of drug-likeness (QED) is 0.801. The van der Waals surface area contributed by atoms with Crippen LogP contribution in [0.15, 0.2) is 12.4 Å². The van der Waals surface area contributed by atoms with Crippen molar-refractivity contribution in [3.8, 4) is 0 Å². The second-order valence-electron chi connectivity index (χ2n) is 5.72. The van der Waals surface area contributed by atoms with Gasteiger partial charge in [-0.3, -0.25) is 14.3 Å². The molecule has 1 N–H and O–H groups in total. The molecule has 0 saturated carbocycles. The summed E-state index contributed by atoms with van der Waals surface area (Å²) in [4.78, 5) is 23.0. The number of carbonyl (C=O) groups excluding carboxylic acids is 2. The lowest BCUT2D eigenvalue weighted by Gasteiger charge is -2.19. The third-order valence-corrected chi connectivity index (χ3v) is 2.40. The van der Waals surface area contributed by atoms with E-state index in [2.05, 4.69) is 10.4 Å². The number of esters is 1. The molecule has 0 saturated heterocycles. The molecule has 0 aliphatic heterocycles. The summed E-state index contributed by atoms with van der Waals surface area (Å²) in [6.45, 7) is 8.48. The first-order chi connectivity index (χ1) is 9.26. The topological polar surface area (TPSA) is 73.2 Å². The van der Waals surface area contributed by atoms with Gasteiger partial charge in [-0.25, -0.2) is 0 Å². The van der Waals surface area contributed by atoms with Gasteiger partial charge in [0, 0.05) is 19.2 Å². The summed E-state index contributed by atoms with van der Waals surface area (Å²) in [6.07, 6.45) is 3.92. The van der Waals surface area contributed by atoms with Gasteiger partial charge in [-0.1, -0.05) is 0 Å². The van der Waals surface area contributed by atoms with Crippen LogP contribution in [-0.4, -0.2) is 33.8 Å². The normalized spacial score (nSPS) is 11.2. The molecule has 1 aromatic rings. The van der Waals surface area contributed by atoms with Crippen molar-refractivity contribution in [2.24, 2.45) is 0 Å². The summed E-state index contributed by atoms with van der Waals surface area (Å²) in [7, 11) is 0. The van der Waals surface area contributed by atoms with Crippen LogP contribution in [0.4, 0.5) is 0 Å². The highest BCUT2D eigenvalue weighted by atomic mass is 16.6. The molecule has 0 bridgehead atoms. The minimum absolute atomic E-state index is 0.101. The van der Waals surface area contributed by atoms with E-state index < -0.39 is 5.60 Å². The molecular weight excluding hydrogens is 258 g/mol. The molecule has 0 unspecified atom stereocenters. The van der Waals surface area contributed by atoms with Crippen molar-refractivity contribution < 1.29 is 14.3 Å². The average molecular weight is 281 g/mol. The maximum atomic E-state index is 11.6. The fourth-order valence-electron chi connectivity index (χ4n) is 1.60. The van der Waals surface area contributed by atoms with Crippen molar-refractivity contribution in [3.63, 3.8) is 0 Å². The van der Waals surface area contributed by atoms with Gasteiger partial charge in [-0.15, -0.1) is 0 Å². The predicted octanol–water partition coefficient (Wildman–Crippen LogP) is 1.43. The van der Waals surface area contributed by atoms with E-state index in [0.717, 1.165) is 5.56 Å². The number of rotatable bonds is 6. The Balaban J connectivity index is 2.16. The summed E-state index contributed by atoms with van der Waals surface area (Å²) < 4.78 is 6.90. The van der Waals surface area contributed by atoms with E-state index >= 15 is 0 Å². The van der Waals surface area contributed by atoms with Gasteiger partial charge < -0.3 is 10.1 Å². The van der Waals surface area contributed by atoms with Gasteiger partial charge in [-0.2, -0.15) is 5.10 Å². The smallest absolute Gasteiger partial charge is 0.306 e. The molecule has 0 radical (unpaired) electrons. The third kappa shape index (κ3) is 6.92. The van der Waals surface area contributed by atoms with Crippen molar-refractivity contribution in [2.75, 3.05) is 6.54 Å². The van der Waals surface area contributed by atoms with Crippen molar-refractivity contribution in [3.05, 3.63) is 18.0 Å². The lowest BCUT2D eigenvalue weighted by atomic mass is 10.2. The highest BCUT2D eigenvalue weighted by molar-refractivity contribution is 5.81. The fraction of sp³-hybridized carbons (Fsp3) is 0.643. The molecule has 20 heavy (non-hydrogen) atoms. The van der Waals surface area contributed by atoms with Gasteiger partial charge in [-0.05, 0) is 33.3 Å². The molecule has 112 valence electrons. The van der Waals surface area contributed by atoms with Crippen LogP contribution in [0.3, 0.4) is 0 Å². The Labute approximate surface area is 119 Å². The highest BCUT2D eigenvalue weighted by Crippen LogP contribution is 2.08. The van der Waals surface area contributed by atoms with Gasteiger partial charge in [0.05, 0.1) is 19.2 Å². The first-order valence-corrected chi connectivity index (χ1v) is 6.74. The number of amides is 1. The van der Waals surface area contributed by atoms with Gasteiger partial charge in [0.2, 0.25) is 5.91 Å². The Morgan fingerprint density at radius 3 is 2.60 bits per heavy atom. The van der Waals surface area contributed by atoms with Crippen LogP contribution in [0, 0.1) is 6.92 Å². The summed E-state index contributed by atoms with van der Waals surface area (Å²) >= 11 is 0. The van der Waals surface area contributed by atoms with Gasteiger partial charge in [0.25, 0.3) is 0 Å². The standard InChI is InChI=1S/C14H23N3O3/c1-11-9-16-17(10-11)8-7-15-12(18)5-6-13(19)20-14(2,3)4/h9-10H,5-8H2,1-4H3,(H,15,18). The number of ether oxygens (including phenoxy) is 1. The molecule has 6 heteroatoms. The Hall–Kier alpha value is -1.85. The number of nitrogens with one attached hydrogen (secondary N) is 1. The van der Waals surface area contributed by atoms with Crippen molar-refractivity contribution in [1.82, 2.24) is 15.1 Å². The monoisotopic (exact) mass is 281 g/mol. The Kier molecular flexibility index (Phi) is 5.73. The molecule has 1 amide bonds. The van der Waals surface area contributed by atoms with E-state index in [0.29, 0.717) is 13.1 Å². The second kappa shape index (κ2) is 7.07. The first-order valence-electron chi connectivity index (χ1n) is 6.74. The molecule has 1 rings (SSSR count). The molecule has 0 aliphatic rings. The molecule has 0 aliphatic carbocycles. The van der Waals surface area contributed by atoms with E-state index in [1.165, 1.54) is 0 Å². The zero-order valence-corrected chi connectivity index (χ0v) is 12.6. The summed E-state index contributed by atoms with van der Waals surface area (Å²) in [5.74, 6) is -0.505. The SMILES string of the molecule is Cc1cnn(CCNC(=O)CCC(=O)OC(C)(C)C)c1. The van der Waals surface area contributed by atoms with Gasteiger partial charge in [0.1, 0.15) is 5.60 Å². The zero-order chi connectivity index (χ0) is 15.2. The maximum Gasteiger partial charge on any atom is 0.306 e. The van der Waals surface area contributed by atoms with Crippen molar-refractivity contribution >= 4 is 11.9 Å². The van der Waals surface area contributed by atoms with Gasteiger partial charge >= 0.3 is 5.97 Å². The predicted molar refractivity (Wildman–Crippen MR) is 75.1 cm³/mol. The summed E-state index contributed by atoms with van der Waals surface area (Å²) in [5.41, 5.74) is 0.576. The molecular formula is C14H23N3O3. The lowest BCUT2D eigenvalue weighted by molar-refractivity contribution is -0.155. The van der Waals surface area contributed by atoms with Crippen molar-refractivity contribution in [1.29, 1.82) is 0 Å². The van der Waals surface area contributed by atoms with Crippen LogP contribution >= 0.6 is 0 Å². The number of hydrogen-bond donors (Lipinski definition) is 1. The zero-order valence-electron chi connectivity index (χ0n) is 12.6. The first kappa shape index (κ1) is 16.2. The van der Waals surface area contributed by atoms with Crippen molar-refractivity contribution in [2.45, 2.75) is 52.7 Å². The van der Waals surface area contributed by atoms with E-state index in [1.54, 1.807) is 31.6 Å². The van der Waals surface area contributed by atoms with Crippen LogP contribution in [0.1, 0.15) is 39.2 Å². The number of nitrogens with zero attached hydrogens (tertiary/aromatic N) is 2. The molecule has 1 aromatic heterocycles. The van der Waals surface area contributed by atoms with E-state index in [1.807, 2.05) is 13.1 Å². The number of aromatic nitrogens is 2. The molecule has 0 atom stereocenters. The number of carbonyl (C=O) groups is 2. The molecule has 1 heterocycles. The lowest BCUT2D eigenvalue weighted by Crippen LogP contribution is -2.29. The summed E-state index contributed by atoms with van der Waals surface area (Å²) in [5, 5.41) is 6.87. The average Bonchev–Trinajstić information content (AvgIpc) is 2.70. The van der Waals surface area contributed by atoms with Crippen LogP contribution in [0.25, 0.3) is 0 Å². The summed E-state index contributed by atoms with van der Waals surface area (Å²) in [6, 6.07) is 0. The number of hydrogen-bond acceptors (Lipinski definition) is 4. The van der Waals surface area contributed by atoms with Crippen LogP contribution < -0.4 is 5.32 Å². The minimum Gasteiger partial charge on any atom is -0.460 e. The fourth-order valence-corrected chi connectivity index (χ4v) is 1.60. The molecule has 6 nitrogen and oxygen atoms in total. The third-order valence-electron chi connectivity index (χ3n) is 2.40. The van der Waals surface area contributed by atoms with Crippen LogP contribution in [0.2, 0.25) is 0 Å². The second-order valence-corrected chi connectivity index (χ2v) is 5.72. The maximum absolute atomic E-state index is 11.6. The largest absolute Gasteiger partial charge is 0.460 e. The highest BCUT2D eigenvalue weighted by Gasteiger charge is 2.16. The molecule has 0 aromatic carbocycles. The van der Waals surface area contributed by atoms with E-state index in [4.69, 9.17) is 4.74 Å². The van der Waals surface area contributed by atoms with Crippen LogP contribution in [-0.2, 0) is 20.9 Å². The van der Waals surface area contributed by atoms with Gasteiger partial charge in [0.15, 0.2) is 0 Å². The molecule has 0 spiro atoms. The Morgan fingerprint density at radius 1 is 1.35 bits per heavy atom. The minimum atomic E-state index is -0.508. The Morgan fingerprint density at radius 2 is 2.05 bits per heavy atom. The number of aryl methyl sites for hydroxylation is 1. The van der Waals surface area contributed by atoms with E-state index in [9.17, 15) is 9.59 Å². The molecule has 0 fully saturated rings. The van der Waals surface area contributed by atoms with Crippen LogP contribution in [0.5, 0.6) is 0 Å². The Bertz CT molecular complexity index is 460. The van der Waals surface area contributed by atoms with E-state index in [-0.39, 0.29) is 24.7 Å².